The summed E-state index contributed by atoms with van der Waals surface area (Å²) in [5, 5.41) is 3.37. The van der Waals surface area contributed by atoms with Gasteiger partial charge in [0.2, 0.25) is 5.91 Å². The highest BCUT2D eigenvalue weighted by Crippen LogP contribution is 2.16. The minimum absolute atomic E-state index is 0.0252. The van der Waals surface area contributed by atoms with Gasteiger partial charge >= 0.3 is 0 Å². The molecule has 0 radical (unpaired) electrons. The van der Waals surface area contributed by atoms with Gasteiger partial charge in [-0.05, 0) is 33.4 Å². The number of carbonyl (C=O) groups excluding carboxylic acids is 1. The van der Waals surface area contributed by atoms with Crippen LogP contribution in [0.2, 0.25) is 0 Å². The van der Waals surface area contributed by atoms with Gasteiger partial charge in [-0.3, -0.25) is 10.1 Å². The maximum Gasteiger partial charge on any atom is 0.241 e. The highest BCUT2D eigenvalue weighted by atomic mass is 16.2. The number of rotatable bonds is 5. The maximum atomic E-state index is 12.1. The fourth-order valence-electron chi connectivity index (χ4n) is 2.10. The molecule has 1 N–H and O–H groups in total. The van der Waals surface area contributed by atoms with E-state index in [0.29, 0.717) is 5.92 Å². The minimum Gasteiger partial charge on any atom is -0.325 e. The third kappa shape index (κ3) is 3.46. The highest BCUT2D eigenvalue weighted by molar-refractivity contribution is 5.84. The molecule has 1 fully saturated rings. The topological polar surface area (TPSA) is 35.6 Å². The van der Waals surface area contributed by atoms with E-state index in [-0.39, 0.29) is 18.1 Å². The number of likely N-dealkylation sites (N-methyl/N-ethyl adjacent to an activating group) is 1. The molecule has 0 aliphatic carbocycles. The second-order valence-corrected chi connectivity index (χ2v) is 5.36. The Hall–Kier alpha value is -0.610. The molecule has 0 aromatic carbocycles. The largest absolute Gasteiger partial charge is 0.325 e. The van der Waals surface area contributed by atoms with Crippen LogP contribution in [0.1, 0.15) is 27.2 Å². The first-order valence-electron chi connectivity index (χ1n) is 6.13. The Kier molecular flexibility index (Phi) is 4.74. The van der Waals surface area contributed by atoms with Gasteiger partial charge in [0.25, 0.3) is 0 Å². The Balaban J connectivity index is 2.50. The molecule has 0 aromatic rings. The number of hydrogen-bond donors (Lipinski definition) is 1. The molecule has 1 rings (SSSR count). The normalized spacial score (nSPS) is 26.2. The zero-order valence-corrected chi connectivity index (χ0v) is 11.2. The van der Waals surface area contributed by atoms with E-state index in [1.165, 1.54) is 0 Å². The summed E-state index contributed by atoms with van der Waals surface area (Å²) >= 11 is 0. The standard InChI is InChI=1S/C12H25N3O/c1-9(2)8-11-12(16)15(10(3)13-11)7-6-14(4)5/h9-11,13H,6-8H2,1-5H3. The summed E-state index contributed by atoms with van der Waals surface area (Å²) < 4.78 is 0. The van der Waals surface area contributed by atoms with Crippen molar-refractivity contribution in [3.05, 3.63) is 0 Å². The monoisotopic (exact) mass is 227 g/mol. The summed E-state index contributed by atoms with van der Waals surface area (Å²) in [7, 11) is 4.06. The van der Waals surface area contributed by atoms with Gasteiger partial charge in [0.15, 0.2) is 0 Å². The molecule has 1 saturated heterocycles. The van der Waals surface area contributed by atoms with E-state index in [1.807, 2.05) is 19.0 Å². The average Bonchev–Trinajstić information content (AvgIpc) is 2.39. The molecule has 0 bridgehead atoms. The van der Waals surface area contributed by atoms with Gasteiger partial charge < -0.3 is 9.80 Å². The molecule has 1 aliphatic heterocycles. The Morgan fingerprint density at radius 1 is 1.44 bits per heavy atom. The van der Waals surface area contributed by atoms with Crippen LogP contribution in [0, 0.1) is 5.92 Å². The van der Waals surface area contributed by atoms with Crippen molar-refractivity contribution in [1.82, 2.24) is 15.1 Å². The molecule has 4 nitrogen and oxygen atoms in total. The van der Waals surface area contributed by atoms with Gasteiger partial charge in [0.05, 0.1) is 12.2 Å². The van der Waals surface area contributed by atoms with Crippen molar-refractivity contribution in [2.24, 2.45) is 5.92 Å². The quantitative estimate of drug-likeness (QED) is 0.752. The van der Waals surface area contributed by atoms with Gasteiger partial charge in [-0.25, -0.2) is 0 Å². The van der Waals surface area contributed by atoms with Crippen LogP contribution >= 0.6 is 0 Å². The maximum absolute atomic E-state index is 12.1. The summed E-state index contributed by atoms with van der Waals surface area (Å²) in [4.78, 5) is 16.2. The van der Waals surface area contributed by atoms with Crippen molar-refractivity contribution in [2.45, 2.75) is 39.4 Å². The van der Waals surface area contributed by atoms with Crippen LogP contribution in [0.15, 0.2) is 0 Å². The second kappa shape index (κ2) is 5.64. The van der Waals surface area contributed by atoms with Gasteiger partial charge in [-0.15, -0.1) is 0 Å². The second-order valence-electron chi connectivity index (χ2n) is 5.36. The summed E-state index contributed by atoms with van der Waals surface area (Å²) in [6.07, 6.45) is 1.11. The van der Waals surface area contributed by atoms with Crippen molar-refractivity contribution >= 4 is 5.91 Å². The predicted molar refractivity (Wildman–Crippen MR) is 66.1 cm³/mol. The third-order valence-corrected chi connectivity index (χ3v) is 2.99. The number of hydrogen-bond acceptors (Lipinski definition) is 3. The number of nitrogens with one attached hydrogen (secondary N) is 1. The van der Waals surface area contributed by atoms with Gasteiger partial charge in [0, 0.05) is 13.1 Å². The van der Waals surface area contributed by atoms with Crippen LogP contribution in [0.3, 0.4) is 0 Å². The molecule has 2 atom stereocenters. The van der Waals surface area contributed by atoms with Crippen molar-refractivity contribution in [3.63, 3.8) is 0 Å². The first-order chi connectivity index (χ1) is 7.41. The first-order valence-corrected chi connectivity index (χ1v) is 6.13. The Morgan fingerprint density at radius 3 is 2.56 bits per heavy atom. The van der Waals surface area contributed by atoms with Crippen LogP contribution < -0.4 is 5.32 Å². The fourth-order valence-corrected chi connectivity index (χ4v) is 2.10. The van der Waals surface area contributed by atoms with Crippen molar-refractivity contribution in [3.8, 4) is 0 Å². The van der Waals surface area contributed by atoms with Crippen LogP contribution in [-0.2, 0) is 4.79 Å². The zero-order valence-electron chi connectivity index (χ0n) is 11.2. The van der Waals surface area contributed by atoms with Crippen molar-refractivity contribution < 1.29 is 4.79 Å². The number of carbonyl (C=O) groups is 1. The SMILES string of the molecule is CC(C)CC1NC(C)N(CCN(C)C)C1=O. The molecule has 0 spiro atoms. The van der Waals surface area contributed by atoms with E-state index in [0.717, 1.165) is 19.5 Å². The lowest BCUT2D eigenvalue weighted by Crippen LogP contribution is -2.39. The Morgan fingerprint density at radius 2 is 2.06 bits per heavy atom. The van der Waals surface area contributed by atoms with Crippen molar-refractivity contribution in [2.75, 3.05) is 27.2 Å². The molecular formula is C12H25N3O. The summed E-state index contributed by atoms with van der Waals surface area (Å²) in [6.45, 7) is 8.11. The molecule has 1 aliphatic rings. The third-order valence-electron chi connectivity index (χ3n) is 2.99. The van der Waals surface area contributed by atoms with E-state index >= 15 is 0 Å². The molecule has 16 heavy (non-hydrogen) atoms. The lowest BCUT2D eigenvalue weighted by atomic mass is 10.0. The molecule has 2 unspecified atom stereocenters. The molecule has 4 heteroatoms. The van der Waals surface area contributed by atoms with E-state index in [9.17, 15) is 4.79 Å². The molecule has 1 amide bonds. The van der Waals surface area contributed by atoms with E-state index in [2.05, 4.69) is 31.0 Å². The van der Waals surface area contributed by atoms with Crippen LogP contribution in [0.25, 0.3) is 0 Å². The lowest BCUT2D eigenvalue weighted by molar-refractivity contribution is -0.130. The summed E-state index contributed by atoms with van der Waals surface area (Å²) in [5.41, 5.74) is 0. The highest BCUT2D eigenvalue weighted by Gasteiger charge is 2.35. The van der Waals surface area contributed by atoms with Gasteiger partial charge in [0.1, 0.15) is 0 Å². The molecule has 1 heterocycles. The van der Waals surface area contributed by atoms with E-state index < -0.39 is 0 Å². The van der Waals surface area contributed by atoms with Gasteiger partial charge in [-0.1, -0.05) is 13.8 Å². The summed E-state index contributed by atoms with van der Waals surface area (Å²) in [6, 6.07) is 0.0252. The van der Waals surface area contributed by atoms with Crippen molar-refractivity contribution in [1.29, 1.82) is 0 Å². The molecular weight excluding hydrogens is 202 g/mol. The zero-order chi connectivity index (χ0) is 12.3. The Labute approximate surface area is 99.0 Å². The molecule has 0 aromatic heterocycles. The number of nitrogens with zero attached hydrogens (tertiary/aromatic N) is 2. The Bertz CT molecular complexity index is 240. The fraction of sp³-hybridized carbons (Fsp3) is 0.917. The first kappa shape index (κ1) is 13.5. The summed E-state index contributed by atoms with van der Waals surface area (Å²) in [5.74, 6) is 0.825. The van der Waals surface area contributed by atoms with Crippen LogP contribution in [-0.4, -0.2) is 55.1 Å². The van der Waals surface area contributed by atoms with Crippen LogP contribution in [0.4, 0.5) is 0 Å². The lowest BCUT2D eigenvalue weighted by Gasteiger charge is -2.22. The van der Waals surface area contributed by atoms with Crippen LogP contribution in [0.5, 0.6) is 0 Å². The van der Waals surface area contributed by atoms with E-state index in [4.69, 9.17) is 0 Å². The van der Waals surface area contributed by atoms with Gasteiger partial charge in [-0.2, -0.15) is 0 Å². The predicted octanol–water partition coefficient (Wildman–Crippen LogP) is 0.741. The number of amides is 1. The molecule has 0 saturated carbocycles. The smallest absolute Gasteiger partial charge is 0.241 e. The minimum atomic E-state index is 0.0252. The molecule has 94 valence electrons. The van der Waals surface area contributed by atoms with E-state index in [1.54, 1.807) is 0 Å². The average molecular weight is 227 g/mol.